The van der Waals surface area contributed by atoms with Crippen LogP contribution in [0.5, 0.6) is 5.75 Å². The van der Waals surface area contributed by atoms with Crippen LogP contribution < -0.4 is 15.4 Å². The first-order valence-electron chi connectivity index (χ1n) is 8.44. The van der Waals surface area contributed by atoms with E-state index in [9.17, 15) is 14.4 Å². The van der Waals surface area contributed by atoms with E-state index in [0.29, 0.717) is 18.0 Å². The van der Waals surface area contributed by atoms with Crippen molar-refractivity contribution in [2.24, 2.45) is 0 Å². The molecule has 0 spiro atoms. The molecule has 2 aromatic rings. The monoisotopic (exact) mass is 400 g/mol. The molecular formula is C20H20N2O5S. The predicted octanol–water partition coefficient (Wildman–Crippen LogP) is 3.40. The number of nitrogens with one attached hydrogen (secondary N) is 2. The van der Waals surface area contributed by atoms with E-state index in [0.717, 1.165) is 22.8 Å². The lowest BCUT2D eigenvalue weighted by molar-refractivity contribution is -0.131. The zero-order chi connectivity index (χ0) is 20.4. The van der Waals surface area contributed by atoms with E-state index in [2.05, 4.69) is 10.6 Å². The van der Waals surface area contributed by atoms with E-state index >= 15 is 0 Å². The molecule has 0 unspecified atom stereocenters. The summed E-state index contributed by atoms with van der Waals surface area (Å²) >= 11 is 1.32. The molecule has 2 rings (SSSR count). The molecule has 146 valence electrons. The second-order valence-corrected chi connectivity index (χ2v) is 6.53. The molecule has 0 heterocycles. The third-order valence-electron chi connectivity index (χ3n) is 3.30. The summed E-state index contributed by atoms with van der Waals surface area (Å²) < 4.78 is 5.36. The van der Waals surface area contributed by atoms with Crippen LogP contribution in [-0.2, 0) is 14.4 Å². The van der Waals surface area contributed by atoms with Gasteiger partial charge in [-0.15, -0.1) is 11.8 Å². The van der Waals surface area contributed by atoms with Crippen molar-refractivity contribution >= 4 is 40.9 Å². The van der Waals surface area contributed by atoms with Crippen molar-refractivity contribution in [1.29, 1.82) is 0 Å². The van der Waals surface area contributed by atoms with E-state index in [1.54, 1.807) is 42.5 Å². The first kappa shape index (κ1) is 21.0. The Bertz CT molecular complexity index is 865. The molecule has 2 aromatic carbocycles. The van der Waals surface area contributed by atoms with E-state index in [-0.39, 0.29) is 11.7 Å². The van der Waals surface area contributed by atoms with Gasteiger partial charge in [-0.2, -0.15) is 0 Å². The van der Waals surface area contributed by atoms with Gasteiger partial charge in [0.2, 0.25) is 11.8 Å². The highest BCUT2D eigenvalue weighted by Crippen LogP contribution is 2.22. The van der Waals surface area contributed by atoms with Crippen molar-refractivity contribution in [3.63, 3.8) is 0 Å². The molecular weight excluding hydrogens is 380 g/mol. The van der Waals surface area contributed by atoms with E-state index in [1.165, 1.54) is 11.8 Å². The van der Waals surface area contributed by atoms with Gasteiger partial charge in [0.05, 0.1) is 12.4 Å². The minimum atomic E-state index is -1.20. The Balaban J connectivity index is 1.85. The van der Waals surface area contributed by atoms with Crippen molar-refractivity contribution in [2.75, 3.05) is 23.0 Å². The topological polar surface area (TPSA) is 105 Å². The molecule has 0 radical (unpaired) electrons. The van der Waals surface area contributed by atoms with Crippen molar-refractivity contribution in [2.45, 2.75) is 11.8 Å². The fourth-order valence-electron chi connectivity index (χ4n) is 2.14. The fraction of sp³-hybridized carbons (Fsp3) is 0.150. The zero-order valence-electron chi connectivity index (χ0n) is 15.2. The lowest BCUT2D eigenvalue weighted by Crippen LogP contribution is -2.14. The molecule has 8 heteroatoms. The van der Waals surface area contributed by atoms with Gasteiger partial charge in [0.15, 0.2) is 0 Å². The summed E-state index contributed by atoms with van der Waals surface area (Å²) in [5, 5.41) is 13.9. The maximum absolute atomic E-state index is 12.1. The van der Waals surface area contributed by atoms with Gasteiger partial charge in [0.1, 0.15) is 5.75 Å². The number of carboxylic acid groups (broad SMARTS) is 1. The molecule has 0 fully saturated rings. The number of anilines is 2. The summed E-state index contributed by atoms with van der Waals surface area (Å²) in [6.45, 7) is 2.48. The Morgan fingerprint density at radius 2 is 1.79 bits per heavy atom. The van der Waals surface area contributed by atoms with Crippen LogP contribution in [0.2, 0.25) is 0 Å². The Morgan fingerprint density at radius 1 is 1.04 bits per heavy atom. The minimum Gasteiger partial charge on any atom is -0.494 e. The molecule has 0 aliphatic carbocycles. The summed E-state index contributed by atoms with van der Waals surface area (Å²) in [6.07, 6.45) is 1.70. The van der Waals surface area contributed by atoms with E-state index < -0.39 is 11.9 Å². The summed E-state index contributed by atoms with van der Waals surface area (Å²) in [6, 6.07) is 14.1. The highest BCUT2D eigenvalue weighted by atomic mass is 32.2. The predicted molar refractivity (Wildman–Crippen MR) is 109 cm³/mol. The third-order valence-corrected chi connectivity index (χ3v) is 4.29. The summed E-state index contributed by atoms with van der Waals surface area (Å²) in [5.41, 5.74) is 1.19. The number of hydrogen-bond acceptors (Lipinski definition) is 5. The van der Waals surface area contributed by atoms with E-state index in [4.69, 9.17) is 9.84 Å². The molecule has 2 amide bonds. The first-order valence-corrected chi connectivity index (χ1v) is 9.42. The normalized spacial score (nSPS) is 10.5. The molecule has 0 bridgehead atoms. The molecule has 7 nitrogen and oxygen atoms in total. The lowest BCUT2D eigenvalue weighted by Gasteiger charge is -2.08. The maximum atomic E-state index is 12.1. The number of rotatable bonds is 9. The summed E-state index contributed by atoms with van der Waals surface area (Å²) in [4.78, 5) is 34.9. The highest BCUT2D eigenvalue weighted by Gasteiger charge is 2.06. The van der Waals surface area contributed by atoms with Gasteiger partial charge in [0.25, 0.3) is 0 Å². The average Bonchev–Trinajstić information content (AvgIpc) is 2.67. The second-order valence-electron chi connectivity index (χ2n) is 5.48. The molecule has 0 aliphatic heterocycles. The standard InChI is InChI=1S/C20H20N2O5S/c1-2-27-16-8-6-14(7-9-16)21-19(24)13-28-17-5-3-4-15(12-17)22-18(23)10-11-20(25)26/h3-12H,2,13H2,1H3,(H,21,24)(H,22,23)(H,25,26)/b11-10+. The molecule has 3 N–H and O–H groups in total. The van der Waals surface area contributed by atoms with Gasteiger partial charge in [0, 0.05) is 28.4 Å². The number of carboxylic acids is 1. The van der Waals surface area contributed by atoms with Gasteiger partial charge < -0.3 is 20.5 Å². The third kappa shape index (κ3) is 7.55. The largest absolute Gasteiger partial charge is 0.494 e. The van der Waals surface area contributed by atoms with Crippen LogP contribution in [-0.4, -0.2) is 35.2 Å². The van der Waals surface area contributed by atoms with Crippen LogP contribution in [0.3, 0.4) is 0 Å². The summed E-state index contributed by atoms with van der Waals surface area (Å²) in [5.74, 6) is -0.959. The minimum absolute atomic E-state index is 0.159. The maximum Gasteiger partial charge on any atom is 0.328 e. The molecule has 0 saturated heterocycles. The van der Waals surface area contributed by atoms with Crippen LogP contribution in [0.1, 0.15) is 6.92 Å². The zero-order valence-corrected chi connectivity index (χ0v) is 16.0. The Labute approximate surface area is 166 Å². The number of benzene rings is 2. The van der Waals surface area contributed by atoms with Crippen LogP contribution in [0.4, 0.5) is 11.4 Å². The molecule has 0 saturated carbocycles. The number of hydrogen-bond donors (Lipinski definition) is 3. The van der Waals surface area contributed by atoms with Crippen molar-refractivity contribution in [3.8, 4) is 5.75 Å². The van der Waals surface area contributed by atoms with Gasteiger partial charge >= 0.3 is 5.97 Å². The number of aliphatic carboxylic acids is 1. The number of carbonyl (C=O) groups excluding carboxylic acids is 2. The van der Waals surface area contributed by atoms with Crippen LogP contribution in [0, 0.1) is 0 Å². The SMILES string of the molecule is CCOc1ccc(NC(=O)CSc2cccc(NC(=O)/C=C/C(=O)O)c2)cc1. The average molecular weight is 400 g/mol. The van der Waals surface area contributed by atoms with Gasteiger partial charge in [-0.3, -0.25) is 9.59 Å². The smallest absolute Gasteiger partial charge is 0.328 e. The van der Waals surface area contributed by atoms with Crippen LogP contribution in [0.15, 0.2) is 65.6 Å². The second kappa shape index (κ2) is 10.8. The van der Waals surface area contributed by atoms with Crippen molar-refractivity contribution in [3.05, 3.63) is 60.7 Å². The highest BCUT2D eigenvalue weighted by molar-refractivity contribution is 8.00. The fourth-order valence-corrected chi connectivity index (χ4v) is 2.90. The van der Waals surface area contributed by atoms with Crippen molar-refractivity contribution < 1.29 is 24.2 Å². The lowest BCUT2D eigenvalue weighted by atomic mass is 10.3. The van der Waals surface area contributed by atoms with Gasteiger partial charge in [-0.05, 0) is 49.4 Å². The Morgan fingerprint density at radius 3 is 2.46 bits per heavy atom. The summed E-state index contributed by atoms with van der Waals surface area (Å²) in [7, 11) is 0. The van der Waals surface area contributed by atoms with Crippen LogP contribution in [0.25, 0.3) is 0 Å². The van der Waals surface area contributed by atoms with E-state index in [1.807, 2.05) is 13.0 Å². The van der Waals surface area contributed by atoms with Gasteiger partial charge in [-0.1, -0.05) is 6.07 Å². The Kier molecular flexibility index (Phi) is 8.11. The number of thioether (sulfide) groups is 1. The molecule has 0 atom stereocenters. The van der Waals surface area contributed by atoms with Crippen molar-refractivity contribution in [1.82, 2.24) is 0 Å². The van der Waals surface area contributed by atoms with Gasteiger partial charge in [-0.25, -0.2) is 4.79 Å². The molecule has 0 aliphatic rings. The quantitative estimate of drug-likeness (QED) is 0.440. The number of carbonyl (C=O) groups is 3. The number of amides is 2. The molecule has 0 aromatic heterocycles. The Hall–Kier alpha value is -3.26. The van der Waals surface area contributed by atoms with Crippen LogP contribution >= 0.6 is 11.8 Å². The molecule has 28 heavy (non-hydrogen) atoms. The first-order chi connectivity index (χ1) is 13.5. The number of ether oxygens (including phenoxy) is 1.